The molecule has 2 aliphatic rings. The second-order valence-electron chi connectivity index (χ2n) is 9.68. The zero-order chi connectivity index (χ0) is 24.6. The van der Waals surface area contributed by atoms with Crippen LogP contribution in [0.1, 0.15) is 18.6 Å². The van der Waals surface area contributed by atoms with Crippen LogP contribution in [0.15, 0.2) is 34.9 Å². The molecule has 1 spiro atoms. The SMILES string of the molecule is CNc1cc(F)cc2c1[nH]c1nc(Oc3cnc4cc(CO)oc4c3)nc(N3CCC4(CC4N)C3)c12. The summed E-state index contributed by atoms with van der Waals surface area (Å²) < 4.78 is 26.1. The first-order chi connectivity index (χ1) is 17.5. The van der Waals surface area contributed by atoms with Crippen LogP contribution in [0.4, 0.5) is 15.9 Å². The van der Waals surface area contributed by atoms with Gasteiger partial charge in [-0.1, -0.05) is 0 Å². The van der Waals surface area contributed by atoms with Crippen molar-refractivity contribution in [2.45, 2.75) is 25.5 Å². The molecule has 4 aromatic heterocycles. The number of ether oxygens (including phenoxy) is 1. The van der Waals surface area contributed by atoms with Gasteiger partial charge >= 0.3 is 6.01 Å². The number of furan rings is 1. The molecule has 1 aliphatic carbocycles. The van der Waals surface area contributed by atoms with Crippen molar-refractivity contribution >= 4 is 44.5 Å². The lowest BCUT2D eigenvalue weighted by molar-refractivity contribution is 0.251. The Morgan fingerprint density at radius 1 is 1.33 bits per heavy atom. The number of halogens is 1. The molecule has 36 heavy (non-hydrogen) atoms. The van der Waals surface area contributed by atoms with Crippen LogP contribution in [0.5, 0.6) is 11.8 Å². The van der Waals surface area contributed by atoms with Crippen molar-refractivity contribution in [1.82, 2.24) is 19.9 Å². The highest BCUT2D eigenvalue weighted by molar-refractivity contribution is 6.14. The minimum Gasteiger partial charge on any atom is -0.457 e. The number of rotatable bonds is 5. The molecule has 2 unspecified atom stereocenters. The van der Waals surface area contributed by atoms with E-state index < -0.39 is 0 Å². The number of aliphatic hydroxyl groups excluding tert-OH is 1. The van der Waals surface area contributed by atoms with E-state index in [0.717, 1.165) is 36.8 Å². The normalized spacial score (nSPS) is 21.3. The molecule has 1 saturated heterocycles. The number of H-pyrrole nitrogens is 1. The Labute approximate surface area is 204 Å². The molecule has 2 fully saturated rings. The predicted octanol–water partition coefficient (Wildman–Crippen LogP) is 3.65. The Hall–Kier alpha value is -3.96. The highest BCUT2D eigenvalue weighted by Crippen LogP contribution is 2.53. The number of fused-ring (bicyclic) bond motifs is 4. The summed E-state index contributed by atoms with van der Waals surface area (Å²) in [5.41, 5.74) is 9.39. The lowest BCUT2D eigenvalue weighted by Crippen LogP contribution is -2.24. The van der Waals surface area contributed by atoms with Gasteiger partial charge in [0.2, 0.25) is 0 Å². The fourth-order valence-electron chi connectivity index (χ4n) is 5.41. The van der Waals surface area contributed by atoms with Gasteiger partial charge in [0.25, 0.3) is 0 Å². The summed E-state index contributed by atoms with van der Waals surface area (Å²) in [6, 6.07) is 6.64. The molecule has 1 aromatic carbocycles. The minimum absolute atomic E-state index is 0.116. The van der Waals surface area contributed by atoms with Crippen molar-refractivity contribution in [3.8, 4) is 11.8 Å². The van der Waals surface area contributed by atoms with E-state index in [9.17, 15) is 9.50 Å². The van der Waals surface area contributed by atoms with E-state index in [4.69, 9.17) is 19.9 Å². The number of aromatic amines is 1. The minimum atomic E-state index is -0.346. The summed E-state index contributed by atoms with van der Waals surface area (Å²) in [6.07, 6.45) is 3.54. The van der Waals surface area contributed by atoms with Gasteiger partial charge < -0.3 is 35.2 Å². The Bertz CT molecular complexity index is 1660. The van der Waals surface area contributed by atoms with Crippen LogP contribution in [-0.4, -0.2) is 51.2 Å². The quantitative estimate of drug-likeness (QED) is 0.291. The maximum atomic E-state index is 14.5. The number of hydrogen-bond donors (Lipinski definition) is 4. The highest BCUT2D eigenvalue weighted by Gasteiger charge is 2.56. The molecule has 0 radical (unpaired) electrons. The monoisotopic (exact) mass is 489 g/mol. The zero-order valence-corrected chi connectivity index (χ0v) is 19.5. The third-order valence-corrected chi connectivity index (χ3v) is 7.45. The van der Waals surface area contributed by atoms with E-state index >= 15 is 0 Å². The van der Waals surface area contributed by atoms with Gasteiger partial charge in [-0.2, -0.15) is 9.97 Å². The third-order valence-electron chi connectivity index (χ3n) is 7.45. The Morgan fingerprint density at radius 3 is 2.94 bits per heavy atom. The fourth-order valence-corrected chi connectivity index (χ4v) is 5.41. The number of pyridine rings is 1. The molecule has 5 N–H and O–H groups in total. The van der Waals surface area contributed by atoms with Crippen molar-refractivity contribution < 1.29 is 18.7 Å². The van der Waals surface area contributed by atoms with Gasteiger partial charge in [-0.25, -0.2) is 9.37 Å². The van der Waals surface area contributed by atoms with Crippen LogP contribution in [0.3, 0.4) is 0 Å². The predicted molar refractivity (Wildman–Crippen MR) is 133 cm³/mol. The van der Waals surface area contributed by atoms with E-state index in [1.807, 2.05) is 0 Å². The van der Waals surface area contributed by atoms with E-state index in [1.54, 1.807) is 25.4 Å². The summed E-state index contributed by atoms with van der Waals surface area (Å²) >= 11 is 0. The van der Waals surface area contributed by atoms with Crippen LogP contribution in [-0.2, 0) is 6.61 Å². The van der Waals surface area contributed by atoms with Gasteiger partial charge in [-0.3, -0.25) is 0 Å². The molecule has 184 valence electrons. The molecule has 10 nitrogen and oxygen atoms in total. The Balaban J connectivity index is 1.37. The second kappa shape index (κ2) is 7.52. The summed E-state index contributed by atoms with van der Waals surface area (Å²) in [5.74, 6) is 1.15. The molecule has 7 rings (SSSR count). The molecule has 11 heteroatoms. The van der Waals surface area contributed by atoms with E-state index in [-0.39, 0.29) is 29.9 Å². The summed E-state index contributed by atoms with van der Waals surface area (Å²) in [6.45, 7) is 1.36. The number of hydrogen-bond acceptors (Lipinski definition) is 9. The molecule has 1 aliphatic heterocycles. The molecular formula is C25H24FN7O3. The molecule has 1 saturated carbocycles. The number of nitrogens with two attached hydrogens (primary N) is 1. The van der Waals surface area contributed by atoms with Crippen molar-refractivity contribution in [3.63, 3.8) is 0 Å². The van der Waals surface area contributed by atoms with Gasteiger partial charge in [0.05, 0.1) is 22.8 Å². The number of aliphatic hydroxyl groups is 1. The van der Waals surface area contributed by atoms with Crippen LogP contribution in [0, 0.1) is 11.2 Å². The highest BCUT2D eigenvalue weighted by atomic mass is 19.1. The number of anilines is 2. The topological polar surface area (TPSA) is 138 Å². The molecule has 2 atom stereocenters. The van der Waals surface area contributed by atoms with Crippen LogP contribution >= 0.6 is 0 Å². The van der Waals surface area contributed by atoms with E-state index in [0.29, 0.717) is 45.1 Å². The lowest BCUT2D eigenvalue weighted by atomic mass is 10.1. The number of nitrogens with zero attached hydrogens (tertiary/aromatic N) is 4. The van der Waals surface area contributed by atoms with Crippen LogP contribution < -0.4 is 20.7 Å². The van der Waals surface area contributed by atoms with Gasteiger partial charge in [0.1, 0.15) is 35.2 Å². The van der Waals surface area contributed by atoms with Crippen LogP contribution in [0.2, 0.25) is 0 Å². The van der Waals surface area contributed by atoms with Crippen molar-refractivity contribution in [2.24, 2.45) is 11.1 Å². The van der Waals surface area contributed by atoms with Gasteiger partial charge in [-0.05, 0) is 25.0 Å². The maximum Gasteiger partial charge on any atom is 0.326 e. The lowest BCUT2D eigenvalue weighted by Gasteiger charge is -2.19. The van der Waals surface area contributed by atoms with Crippen molar-refractivity contribution in [3.05, 3.63) is 42.0 Å². The first-order valence-corrected chi connectivity index (χ1v) is 11.8. The van der Waals surface area contributed by atoms with Gasteiger partial charge in [0, 0.05) is 49.1 Å². The zero-order valence-electron chi connectivity index (χ0n) is 19.5. The first-order valence-electron chi connectivity index (χ1n) is 11.8. The smallest absolute Gasteiger partial charge is 0.326 e. The van der Waals surface area contributed by atoms with Crippen molar-refractivity contribution in [1.29, 1.82) is 0 Å². The average molecular weight is 490 g/mol. The van der Waals surface area contributed by atoms with E-state index in [1.165, 1.54) is 12.1 Å². The summed E-state index contributed by atoms with van der Waals surface area (Å²) in [4.78, 5) is 19.3. The van der Waals surface area contributed by atoms with Gasteiger partial charge in [-0.15, -0.1) is 0 Å². The average Bonchev–Trinajstić information content (AvgIpc) is 3.26. The second-order valence-corrected chi connectivity index (χ2v) is 9.68. The Kier molecular flexibility index (Phi) is 4.45. The first kappa shape index (κ1) is 21.3. The summed E-state index contributed by atoms with van der Waals surface area (Å²) in [5, 5.41) is 13.8. The number of aromatic nitrogens is 4. The number of benzene rings is 1. The van der Waals surface area contributed by atoms with Crippen molar-refractivity contribution in [2.75, 3.05) is 30.4 Å². The molecule has 5 aromatic rings. The standard InChI is InChI=1S/C25H24FN7O3/c1-28-17-5-12(26)4-15-20-22(30-21(15)17)31-24(32-23(20)33-3-2-25(11-33)8-19(25)27)36-13-7-18-16(29-9-13)6-14(10-34)35-18/h4-7,9,19,28,34H,2-3,8,10-11,27H2,1H3,(H,30,31,32). The third kappa shape index (κ3) is 3.20. The van der Waals surface area contributed by atoms with Gasteiger partial charge in [0.15, 0.2) is 11.3 Å². The maximum absolute atomic E-state index is 14.5. The molecule has 0 amide bonds. The molecule has 5 heterocycles. The Morgan fingerprint density at radius 2 is 2.19 bits per heavy atom. The van der Waals surface area contributed by atoms with Crippen LogP contribution in [0.25, 0.3) is 33.0 Å². The van der Waals surface area contributed by atoms with E-state index in [2.05, 4.69) is 25.2 Å². The molecular weight excluding hydrogens is 465 g/mol. The number of nitrogens with one attached hydrogen (secondary N) is 2. The largest absolute Gasteiger partial charge is 0.457 e. The molecule has 0 bridgehead atoms. The fraction of sp³-hybridized carbons (Fsp3) is 0.320. The summed E-state index contributed by atoms with van der Waals surface area (Å²) in [7, 11) is 1.75.